The van der Waals surface area contributed by atoms with Gasteiger partial charge in [0, 0.05) is 20.0 Å². The van der Waals surface area contributed by atoms with E-state index in [1.807, 2.05) is 13.8 Å². The predicted molar refractivity (Wildman–Crippen MR) is 54.9 cm³/mol. The molecule has 0 saturated carbocycles. The molecule has 78 valence electrons. The summed E-state index contributed by atoms with van der Waals surface area (Å²) in [5, 5.41) is 7.73. The minimum atomic E-state index is -0.293. The fourth-order valence-corrected chi connectivity index (χ4v) is 1.07. The van der Waals surface area contributed by atoms with Crippen molar-refractivity contribution in [2.45, 2.75) is 19.8 Å². The standard InChI is InChI=1S/C8H15N5O/c1-5(2)6-7(14)13(9)8(11-10-6)12(3)4/h5H,9H2,1-4H3. The Balaban J connectivity index is 3.34. The van der Waals surface area contributed by atoms with E-state index in [1.54, 1.807) is 19.0 Å². The second kappa shape index (κ2) is 3.65. The molecule has 0 atom stereocenters. The molecule has 0 bridgehead atoms. The Morgan fingerprint density at radius 1 is 1.36 bits per heavy atom. The van der Waals surface area contributed by atoms with Crippen LogP contribution in [0, 0.1) is 0 Å². The number of hydrogen-bond donors (Lipinski definition) is 1. The van der Waals surface area contributed by atoms with E-state index < -0.39 is 0 Å². The molecule has 6 heteroatoms. The third-order valence-corrected chi connectivity index (χ3v) is 1.85. The van der Waals surface area contributed by atoms with Crippen molar-refractivity contribution < 1.29 is 0 Å². The first-order valence-electron chi connectivity index (χ1n) is 4.37. The maximum Gasteiger partial charge on any atom is 0.295 e. The maximum atomic E-state index is 11.6. The first kappa shape index (κ1) is 10.5. The smallest absolute Gasteiger partial charge is 0.295 e. The highest BCUT2D eigenvalue weighted by Crippen LogP contribution is 2.06. The van der Waals surface area contributed by atoms with Gasteiger partial charge in [-0.05, 0) is 0 Å². The number of anilines is 1. The van der Waals surface area contributed by atoms with Gasteiger partial charge in [0.1, 0.15) is 5.69 Å². The Morgan fingerprint density at radius 2 is 1.93 bits per heavy atom. The lowest BCUT2D eigenvalue weighted by molar-refractivity contribution is 0.700. The second-order valence-corrected chi connectivity index (χ2v) is 3.61. The molecule has 0 fully saturated rings. The summed E-state index contributed by atoms with van der Waals surface area (Å²) >= 11 is 0. The molecule has 0 saturated heterocycles. The monoisotopic (exact) mass is 197 g/mol. The van der Waals surface area contributed by atoms with Crippen LogP contribution in [-0.2, 0) is 0 Å². The molecule has 2 N–H and O–H groups in total. The quantitative estimate of drug-likeness (QED) is 0.649. The van der Waals surface area contributed by atoms with Crippen LogP contribution in [0.25, 0.3) is 0 Å². The third-order valence-electron chi connectivity index (χ3n) is 1.85. The van der Waals surface area contributed by atoms with Crippen LogP contribution in [0.15, 0.2) is 4.79 Å². The highest BCUT2D eigenvalue weighted by atomic mass is 16.1. The van der Waals surface area contributed by atoms with Crippen LogP contribution in [0.4, 0.5) is 5.95 Å². The Hall–Kier alpha value is -1.59. The minimum Gasteiger partial charge on any atom is -0.346 e. The summed E-state index contributed by atoms with van der Waals surface area (Å²) in [4.78, 5) is 13.3. The lowest BCUT2D eigenvalue weighted by Crippen LogP contribution is -2.36. The van der Waals surface area contributed by atoms with Gasteiger partial charge in [-0.25, -0.2) is 0 Å². The van der Waals surface area contributed by atoms with Crippen LogP contribution in [-0.4, -0.2) is 29.0 Å². The molecule has 0 spiro atoms. The van der Waals surface area contributed by atoms with Gasteiger partial charge in [0.05, 0.1) is 0 Å². The molecule has 0 amide bonds. The van der Waals surface area contributed by atoms with Crippen LogP contribution < -0.4 is 16.3 Å². The first-order valence-corrected chi connectivity index (χ1v) is 4.37. The summed E-state index contributed by atoms with van der Waals surface area (Å²) in [6, 6.07) is 0. The van der Waals surface area contributed by atoms with Crippen molar-refractivity contribution in [3.05, 3.63) is 16.0 Å². The van der Waals surface area contributed by atoms with E-state index in [2.05, 4.69) is 10.2 Å². The summed E-state index contributed by atoms with van der Waals surface area (Å²) in [5.41, 5.74) is 0.0943. The molecule has 0 aliphatic carbocycles. The summed E-state index contributed by atoms with van der Waals surface area (Å²) in [5.74, 6) is 5.96. The van der Waals surface area contributed by atoms with E-state index >= 15 is 0 Å². The summed E-state index contributed by atoms with van der Waals surface area (Å²) in [6.07, 6.45) is 0. The van der Waals surface area contributed by atoms with Gasteiger partial charge in [0.2, 0.25) is 5.95 Å². The number of nitrogen functional groups attached to an aromatic ring is 1. The van der Waals surface area contributed by atoms with Crippen molar-refractivity contribution in [1.82, 2.24) is 14.9 Å². The predicted octanol–water partition coefficient (Wildman–Crippen LogP) is -0.458. The molecule has 6 nitrogen and oxygen atoms in total. The van der Waals surface area contributed by atoms with Crippen molar-refractivity contribution >= 4 is 5.95 Å². The van der Waals surface area contributed by atoms with Crippen molar-refractivity contribution in [3.8, 4) is 0 Å². The number of aromatic nitrogens is 3. The number of hydrogen-bond acceptors (Lipinski definition) is 5. The Kier molecular flexibility index (Phi) is 2.73. The van der Waals surface area contributed by atoms with E-state index in [1.165, 1.54) is 0 Å². The Morgan fingerprint density at radius 3 is 2.36 bits per heavy atom. The van der Waals surface area contributed by atoms with E-state index in [9.17, 15) is 4.79 Å². The molecule has 1 rings (SSSR count). The van der Waals surface area contributed by atoms with Gasteiger partial charge in [-0.15, -0.1) is 10.2 Å². The highest BCUT2D eigenvalue weighted by molar-refractivity contribution is 5.27. The van der Waals surface area contributed by atoms with Crippen LogP contribution in [0.1, 0.15) is 25.5 Å². The molecular formula is C8H15N5O. The van der Waals surface area contributed by atoms with Gasteiger partial charge < -0.3 is 10.7 Å². The highest BCUT2D eigenvalue weighted by Gasteiger charge is 2.13. The molecule has 0 unspecified atom stereocenters. The van der Waals surface area contributed by atoms with Gasteiger partial charge in [-0.1, -0.05) is 13.8 Å². The number of nitrogens with zero attached hydrogens (tertiary/aromatic N) is 4. The van der Waals surface area contributed by atoms with Gasteiger partial charge in [-0.2, -0.15) is 4.68 Å². The van der Waals surface area contributed by atoms with Gasteiger partial charge >= 0.3 is 0 Å². The topological polar surface area (TPSA) is 77.0 Å². The molecule has 1 aromatic rings. The molecule has 0 aliphatic heterocycles. The van der Waals surface area contributed by atoms with Crippen molar-refractivity contribution in [2.24, 2.45) is 0 Å². The molecule has 1 aromatic heterocycles. The molecule has 14 heavy (non-hydrogen) atoms. The van der Waals surface area contributed by atoms with Gasteiger partial charge in [0.15, 0.2) is 0 Å². The Bertz CT molecular complexity index is 382. The molecule has 0 radical (unpaired) electrons. The van der Waals surface area contributed by atoms with Crippen LogP contribution in [0.3, 0.4) is 0 Å². The molecule has 1 heterocycles. The van der Waals surface area contributed by atoms with E-state index in [0.717, 1.165) is 4.68 Å². The summed E-state index contributed by atoms with van der Waals surface area (Å²) in [7, 11) is 3.50. The van der Waals surface area contributed by atoms with Crippen molar-refractivity contribution in [3.63, 3.8) is 0 Å². The number of rotatable bonds is 2. The zero-order valence-corrected chi connectivity index (χ0v) is 8.85. The van der Waals surface area contributed by atoms with Crippen molar-refractivity contribution in [1.29, 1.82) is 0 Å². The average molecular weight is 197 g/mol. The van der Waals surface area contributed by atoms with E-state index in [0.29, 0.717) is 11.6 Å². The van der Waals surface area contributed by atoms with Crippen LogP contribution >= 0.6 is 0 Å². The number of nitrogens with two attached hydrogens (primary N) is 1. The zero-order chi connectivity index (χ0) is 10.9. The Labute approximate surface area is 82.3 Å². The van der Waals surface area contributed by atoms with Gasteiger partial charge in [0.25, 0.3) is 5.56 Å². The van der Waals surface area contributed by atoms with Crippen LogP contribution in [0.2, 0.25) is 0 Å². The van der Waals surface area contributed by atoms with Crippen molar-refractivity contribution in [2.75, 3.05) is 24.8 Å². The molecule has 0 aliphatic rings. The fraction of sp³-hybridized carbons (Fsp3) is 0.625. The summed E-state index contributed by atoms with van der Waals surface area (Å²) < 4.78 is 1.02. The average Bonchev–Trinajstić information content (AvgIpc) is 2.08. The lowest BCUT2D eigenvalue weighted by Gasteiger charge is -2.14. The fourth-order valence-electron chi connectivity index (χ4n) is 1.07. The van der Waals surface area contributed by atoms with Gasteiger partial charge in [-0.3, -0.25) is 4.79 Å². The van der Waals surface area contributed by atoms with Crippen LogP contribution in [0.5, 0.6) is 0 Å². The normalized spacial score (nSPS) is 10.6. The van der Waals surface area contributed by atoms with E-state index in [-0.39, 0.29) is 11.5 Å². The minimum absolute atomic E-state index is 0.0287. The van der Waals surface area contributed by atoms with E-state index in [4.69, 9.17) is 5.84 Å². The zero-order valence-electron chi connectivity index (χ0n) is 8.85. The largest absolute Gasteiger partial charge is 0.346 e. The lowest BCUT2D eigenvalue weighted by atomic mass is 10.1. The SMILES string of the molecule is CC(C)c1nnc(N(C)C)n(N)c1=O. The molecular weight excluding hydrogens is 182 g/mol. The summed E-state index contributed by atoms with van der Waals surface area (Å²) in [6.45, 7) is 3.75. The second-order valence-electron chi connectivity index (χ2n) is 3.61. The maximum absolute atomic E-state index is 11.6. The third kappa shape index (κ3) is 1.68. The first-order chi connectivity index (χ1) is 6.45. The molecule has 0 aromatic carbocycles.